The van der Waals surface area contributed by atoms with Crippen molar-refractivity contribution in [3.63, 3.8) is 0 Å². The largest absolute Gasteiger partial charge is 0.427 e. The standard InChI is InChI=1S/C21H34N4O5/c1-21(2,3)20(28)30-15-29-19(27)14-25-13-10-22-17(25)6-7-18(26)24-11-8-16(9-12-24)23(4)5/h10,13,16H,6-9,11-12,14-15H2,1-5H3. The van der Waals surface area contributed by atoms with Gasteiger partial charge in [-0.1, -0.05) is 0 Å². The molecule has 1 amide bonds. The summed E-state index contributed by atoms with van der Waals surface area (Å²) in [6.45, 7) is 6.25. The molecule has 9 nitrogen and oxygen atoms in total. The van der Waals surface area contributed by atoms with Crippen LogP contribution in [0, 0.1) is 5.41 Å². The molecule has 1 aromatic heterocycles. The fourth-order valence-corrected chi connectivity index (χ4v) is 3.27. The van der Waals surface area contributed by atoms with Crippen LogP contribution in [0.15, 0.2) is 12.4 Å². The number of rotatable bonds is 8. The lowest BCUT2D eigenvalue weighted by molar-refractivity contribution is -0.173. The van der Waals surface area contributed by atoms with Gasteiger partial charge in [0.1, 0.15) is 12.4 Å². The monoisotopic (exact) mass is 422 g/mol. The Morgan fingerprint density at radius 2 is 1.83 bits per heavy atom. The molecule has 0 aromatic carbocycles. The van der Waals surface area contributed by atoms with Crippen LogP contribution in [0.4, 0.5) is 0 Å². The highest BCUT2D eigenvalue weighted by molar-refractivity contribution is 5.76. The molecule has 0 atom stereocenters. The van der Waals surface area contributed by atoms with Crippen molar-refractivity contribution in [3.8, 4) is 0 Å². The molecule has 0 saturated carbocycles. The number of likely N-dealkylation sites (tertiary alicyclic amines) is 1. The molecule has 2 heterocycles. The number of hydrogen-bond acceptors (Lipinski definition) is 7. The number of ether oxygens (including phenoxy) is 2. The Morgan fingerprint density at radius 1 is 1.17 bits per heavy atom. The summed E-state index contributed by atoms with van der Waals surface area (Å²) < 4.78 is 11.6. The van der Waals surface area contributed by atoms with Gasteiger partial charge in [-0.25, -0.2) is 4.98 Å². The number of carbonyl (C=O) groups excluding carboxylic acids is 3. The van der Waals surface area contributed by atoms with Crippen LogP contribution in [0.25, 0.3) is 0 Å². The second-order valence-electron chi connectivity index (χ2n) is 8.86. The van der Waals surface area contributed by atoms with E-state index in [1.165, 1.54) is 0 Å². The topological polar surface area (TPSA) is 94.0 Å². The van der Waals surface area contributed by atoms with Gasteiger partial charge in [0.2, 0.25) is 12.7 Å². The zero-order valence-corrected chi connectivity index (χ0v) is 18.7. The van der Waals surface area contributed by atoms with Crippen molar-refractivity contribution in [3.05, 3.63) is 18.2 Å². The molecule has 0 radical (unpaired) electrons. The fourth-order valence-electron chi connectivity index (χ4n) is 3.27. The highest BCUT2D eigenvalue weighted by Crippen LogP contribution is 2.16. The first-order valence-electron chi connectivity index (χ1n) is 10.3. The quantitative estimate of drug-likeness (QED) is 0.462. The number of aromatic nitrogens is 2. The highest BCUT2D eigenvalue weighted by Gasteiger charge is 2.25. The van der Waals surface area contributed by atoms with Crippen LogP contribution in [0.1, 0.15) is 45.9 Å². The summed E-state index contributed by atoms with van der Waals surface area (Å²) in [5.41, 5.74) is -0.655. The summed E-state index contributed by atoms with van der Waals surface area (Å²) in [5.74, 6) is -0.214. The van der Waals surface area contributed by atoms with Crippen LogP contribution in [0.5, 0.6) is 0 Å². The normalized spacial score (nSPS) is 15.3. The number of aryl methyl sites for hydroxylation is 1. The van der Waals surface area contributed by atoms with Crippen molar-refractivity contribution in [2.45, 2.75) is 59.0 Å². The van der Waals surface area contributed by atoms with Gasteiger partial charge in [0, 0.05) is 44.4 Å². The molecule has 30 heavy (non-hydrogen) atoms. The van der Waals surface area contributed by atoms with Crippen molar-refractivity contribution in [2.24, 2.45) is 5.41 Å². The van der Waals surface area contributed by atoms with Crippen molar-refractivity contribution in [1.29, 1.82) is 0 Å². The molecule has 1 aliphatic heterocycles. The smallest absolute Gasteiger partial charge is 0.328 e. The number of amides is 1. The Morgan fingerprint density at radius 3 is 2.43 bits per heavy atom. The predicted octanol–water partition coefficient (Wildman–Crippen LogP) is 1.46. The van der Waals surface area contributed by atoms with E-state index in [0.717, 1.165) is 25.9 Å². The number of imidazole rings is 1. The summed E-state index contributed by atoms with van der Waals surface area (Å²) in [5, 5.41) is 0. The number of carbonyl (C=O) groups is 3. The lowest BCUT2D eigenvalue weighted by atomic mass is 9.98. The van der Waals surface area contributed by atoms with Crippen LogP contribution < -0.4 is 0 Å². The molecule has 1 aromatic rings. The van der Waals surface area contributed by atoms with Gasteiger partial charge in [0.05, 0.1) is 5.41 Å². The molecule has 1 saturated heterocycles. The van der Waals surface area contributed by atoms with Gasteiger partial charge in [0.15, 0.2) is 0 Å². The lowest BCUT2D eigenvalue weighted by Gasteiger charge is -2.35. The summed E-state index contributed by atoms with van der Waals surface area (Å²) in [7, 11) is 4.14. The van der Waals surface area contributed by atoms with Crippen molar-refractivity contribution in [1.82, 2.24) is 19.4 Å². The molecule has 1 fully saturated rings. The van der Waals surface area contributed by atoms with Gasteiger partial charge in [-0.2, -0.15) is 0 Å². The molecular formula is C21H34N4O5. The number of nitrogens with zero attached hydrogens (tertiary/aromatic N) is 4. The molecular weight excluding hydrogens is 388 g/mol. The van der Waals surface area contributed by atoms with E-state index in [2.05, 4.69) is 24.0 Å². The first-order chi connectivity index (χ1) is 14.1. The molecule has 0 bridgehead atoms. The number of piperidine rings is 1. The third kappa shape index (κ3) is 7.12. The van der Waals surface area contributed by atoms with Crippen molar-refractivity contribution >= 4 is 17.8 Å². The van der Waals surface area contributed by atoms with Gasteiger partial charge in [0.25, 0.3) is 0 Å². The van der Waals surface area contributed by atoms with Crippen LogP contribution in [-0.4, -0.2) is 77.2 Å². The zero-order valence-electron chi connectivity index (χ0n) is 18.7. The third-order valence-electron chi connectivity index (χ3n) is 5.23. The van der Waals surface area contributed by atoms with E-state index in [4.69, 9.17) is 9.47 Å². The van der Waals surface area contributed by atoms with Gasteiger partial charge in [-0.3, -0.25) is 14.4 Å². The molecule has 0 N–H and O–H groups in total. The van der Waals surface area contributed by atoms with Crippen molar-refractivity contribution in [2.75, 3.05) is 34.0 Å². The van der Waals surface area contributed by atoms with E-state index < -0.39 is 24.1 Å². The minimum atomic E-state index is -0.655. The molecule has 0 unspecified atom stereocenters. The predicted molar refractivity (Wildman–Crippen MR) is 110 cm³/mol. The van der Waals surface area contributed by atoms with Crippen molar-refractivity contribution < 1.29 is 23.9 Å². The SMILES string of the molecule is CN(C)C1CCN(C(=O)CCc2nccn2CC(=O)OCOC(=O)C(C)(C)C)CC1. The molecule has 168 valence electrons. The Bertz CT molecular complexity index is 730. The summed E-state index contributed by atoms with van der Waals surface area (Å²) in [6.07, 6.45) is 6.03. The van der Waals surface area contributed by atoms with Crippen LogP contribution in [0.2, 0.25) is 0 Å². The van der Waals surface area contributed by atoms with E-state index >= 15 is 0 Å². The van der Waals surface area contributed by atoms with Gasteiger partial charge < -0.3 is 23.8 Å². The van der Waals surface area contributed by atoms with Gasteiger partial charge in [-0.05, 0) is 47.7 Å². The Hall–Kier alpha value is -2.42. The van der Waals surface area contributed by atoms with E-state index in [0.29, 0.717) is 24.7 Å². The van der Waals surface area contributed by atoms with E-state index in [-0.39, 0.29) is 12.5 Å². The Balaban J connectivity index is 1.75. The van der Waals surface area contributed by atoms with Gasteiger partial charge >= 0.3 is 11.9 Å². The highest BCUT2D eigenvalue weighted by atomic mass is 16.7. The minimum absolute atomic E-state index is 0.0508. The number of hydrogen-bond donors (Lipinski definition) is 0. The fraction of sp³-hybridized carbons (Fsp3) is 0.714. The molecule has 1 aliphatic rings. The lowest BCUT2D eigenvalue weighted by Crippen LogP contribution is -2.44. The second kappa shape index (κ2) is 10.6. The molecule has 0 spiro atoms. The summed E-state index contributed by atoms with van der Waals surface area (Å²) >= 11 is 0. The zero-order chi connectivity index (χ0) is 22.3. The average molecular weight is 423 g/mol. The van der Waals surface area contributed by atoms with E-state index in [9.17, 15) is 14.4 Å². The Labute approximate surface area is 178 Å². The molecule has 2 rings (SSSR count). The average Bonchev–Trinajstić information content (AvgIpc) is 3.12. The first kappa shape index (κ1) is 23.9. The summed E-state index contributed by atoms with van der Waals surface area (Å²) in [6, 6.07) is 0.529. The Kier molecular flexibility index (Phi) is 8.40. The minimum Gasteiger partial charge on any atom is -0.427 e. The van der Waals surface area contributed by atoms with Gasteiger partial charge in [-0.15, -0.1) is 0 Å². The molecule has 0 aliphatic carbocycles. The maximum Gasteiger partial charge on any atom is 0.328 e. The van der Waals surface area contributed by atoms with E-state index in [1.54, 1.807) is 37.7 Å². The maximum absolute atomic E-state index is 12.5. The van der Waals surface area contributed by atoms with E-state index in [1.807, 2.05) is 4.90 Å². The first-order valence-corrected chi connectivity index (χ1v) is 10.3. The second-order valence-corrected chi connectivity index (χ2v) is 8.86. The van der Waals surface area contributed by atoms with Crippen LogP contribution in [0.3, 0.4) is 0 Å². The van der Waals surface area contributed by atoms with Crippen LogP contribution >= 0.6 is 0 Å². The van der Waals surface area contributed by atoms with Crippen LogP contribution in [-0.2, 0) is 36.8 Å². The third-order valence-corrected chi connectivity index (χ3v) is 5.23. The maximum atomic E-state index is 12.5. The summed E-state index contributed by atoms with van der Waals surface area (Å²) in [4.78, 5) is 44.6. The number of esters is 2. The molecule has 9 heteroatoms.